The maximum Gasteiger partial charge on any atom is 0.140 e. The molecule has 0 radical (unpaired) electrons. The first-order chi connectivity index (χ1) is 9.56. The van der Waals surface area contributed by atoms with Crippen LogP contribution in [0.2, 0.25) is 0 Å². The molecule has 3 rings (SSSR count). The fourth-order valence-corrected chi connectivity index (χ4v) is 3.67. The molecule has 1 heterocycles. The van der Waals surface area contributed by atoms with Crippen LogP contribution in [0, 0.1) is 3.57 Å². The molecule has 1 aromatic carbocycles. The standard InChI is InChI=1S/C16H18IN3/c1-9(2)14-13(17)15(18)20-16(19-14)12-7-10-5-3-4-6-11(10)8-12/h3-6,9,12H,7-8H2,1-2H3,(H2,18,19,20). The van der Waals surface area contributed by atoms with E-state index in [0.717, 1.165) is 27.9 Å². The van der Waals surface area contributed by atoms with Crippen LogP contribution in [-0.4, -0.2) is 9.97 Å². The van der Waals surface area contributed by atoms with Crippen molar-refractivity contribution in [2.45, 2.75) is 38.5 Å². The quantitative estimate of drug-likeness (QED) is 0.811. The molecule has 0 saturated heterocycles. The SMILES string of the molecule is CC(C)c1nc(C2Cc3ccccc3C2)nc(N)c1I. The van der Waals surface area contributed by atoms with E-state index in [4.69, 9.17) is 10.7 Å². The van der Waals surface area contributed by atoms with E-state index in [9.17, 15) is 0 Å². The van der Waals surface area contributed by atoms with Crippen LogP contribution in [0.3, 0.4) is 0 Å². The van der Waals surface area contributed by atoms with E-state index in [2.05, 4.69) is 65.7 Å². The second-order valence-electron chi connectivity index (χ2n) is 5.69. The van der Waals surface area contributed by atoms with Crippen LogP contribution in [0.1, 0.15) is 48.3 Å². The normalized spacial score (nSPS) is 14.8. The highest BCUT2D eigenvalue weighted by atomic mass is 127. The van der Waals surface area contributed by atoms with Crippen LogP contribution in [0.5, 0.6) is 0 Å². The lowest BCUT2D eigenvalue weighted by atomic mass is 10.0. The zero-order valence-electron chi connectivity index (χ0n) is 11.7. The van der Waals surface area contributed by atoms with Crippen molar-refractivity contribution < 1.29 is 0 Å². The largest absolute Gasteiger partial charge is 0.383 e. The monoisotopic (exact) mass is 379 g/mol. The molecule has 0 fully saturated rings. The van der Waals surface area contributed by atoms with Crippen LogP contribution < -0.4 is 5.73 Å². The first-order valence-corrected chi connectivity index (χ1v) is 8.03. The molecule has 2 aromatic rings. The van der Waals surface area contributed by atoms with Crippen LogP contribution in [0.15, 0.2) is 24.3 Å². The van der Waals surface area contributed by atoms with Gasteiger partial charge in [-0.05, 0) is 52.5 Å². The van der Waals surface area contributed by atoms with Gasteiger partial charge in [0.1, 0.15) is 11.6 Å². The summed E-state index contributed by atoms with van der Waals surface area (Å²) in [5, 5.41) is 0. The van der Waals surface area contributed by atoms with Gasteiger partial charge in [-0.15, -0.1) is 0 Å². The number of benzene rings is 1. The maximum absolute atomic E-state index is 6.07. The summed E-state index contributed by atoms with van der Waals surface area (Å²) < 4.78 is 0.997. The van der Waals surface area contributed by atoms with Crippen LogP contribution >= 0.6 is 22.6 Å². The van der Waals surface area contributed by atoms with Crippen molar-refractivity contribution in [1.82, 2.24) is 9.97 Å². The first kappa shape index (κ1) is 13.8. The molecule has 0 aliphatic heterocycles. The van der Waals surface area contributed by atoms with Gasteiger partial charge in [-0.3, -0.25) is 0 Å². The molecule has 3 nitrogen and oxygen atoms in total. The average Bonchev–Trinajstić information content (AvgIpc) is 2.85. The minimum atomic E-state index is 0.365. The molecule has 0 saturated carbocycles. The number of rotatable bonds is 2. The van der Waals surface area contributed by atoms with Crippen LogP contribution in [-0.2, 0) is 12.8 Å². The first-order valence-electron chi connectivity index (χ1n) is 6.96. The van der Waals surface area contributed by atoms with Crippen molar-refractivity contribution >= 4 is 28.4 Å². The van der Waals surface area contributed by atoms with E-state index < -0.39 is 0 Å². The molecule has 0 unspecified atom stereocenters. The van der Waals surface area contributed by atoms with Gasteiger partial charge in [0.2, 0.25) is 0 Å². The average molecular weight is 379 g/mol. The fraction of sp³-hybridized carbons (Fsp3) is 0.375. The van der Waals surface area contributed by atoms with E-state index in [1.165, 1.54) is 11.1 Å². The maximum atomic E-state index is 6.07. The lowest BCUT2D eigenvalue weighted by Gasteiger charge is -2.14. The minimum absolute atomic E-state index is 0.365. The van der Waals surface area contributed by atoms with Crippen molar-refractivity contribution in [2.75, 3.05) is 5.73 Å². The van der Waals surface area contributed by atoms with E-state index in [0.29, 0.717) is 17.7 Å². The zero-order chi connectivity index (χ0) is 14.3. The summed E-state index contributed by atoms with van der Waals surface area (Å²) in [6, 6.07) is 8.61. The van der Waals surface area contributed by atoms with Crippen molar-refractivity contribution in [3.05, 3.63) is 50.5 Å². The highest BCUT2D eigenvalue weighted by Gasteiger charge is 2.26. The Morgan fingerprint density at radius 3 is 2.30 bits per heavy atom. The van der Waals surface area contributed by atoms with Crippen molar-refractivity contribution in [1.29, 1.82) is 0 Å². The summed E-state index contributed by atoms with van der Waals surface area (Å²) in [6.07, 6.45) is 2.04. The Balaban J connectivity index is 1.97. The van der Waals surface area contributed by atoms with E-state index >= 15 is 0 Å². The van der Waals surface area contributed by atoms with Gasteiger partial charge in [0.15, 0.2) is 0 Å². The number of halogens is 1. The van der Waals surface area contributed by atoms with Gasteiger partial charge in [-0.1, -0.05) is 38.1 Å². The Morgan fingerprint density at radius 1 is 1.15 bits per heavy atom. The minimum Gasteiger partial charge on any atom is -0.383 e. The van der Waals surface area contributed by atoms with Gasteiger partial charge >= 0.3 is 0 Å². The third-order valence-corrected chi connectivity index (χ3v) is 4.99. The highest BCUT2D eigenvalue weighted by Crippen LogP contribution is 2.34. The number of nitrogen functional groups attached to an aromatic ring is 1. The molecule has 1 aliphatic carbocycles. The molecule has 20 heavy (non-hydrogen) atoms. The Labute approximate surface area is 133 Å². The van der Waals surface area contributed by atoms with E-state index in [-0.39, 0.29) is 0 Å². The number of nitrogens with two attached hydrogens (primary N) is 1. The lowest BCUT2D eigenvalue weighted by molar-refractivity contribution is 0.664. The molecule has 1 aromatic heterocycles. The molecule has 0 spiro atoms. The van der Waals surface area contributed by atoms with E-state index in [1.807, 2.05) is 0 Å². The molecule has 1 aliphatic rings. The molecule has 0 bridgehead atoms. The third kappa shape index (κ3) is 2.41. The number of fused-ring (bicyclic) bond motifs is 1. The number of aromatic nitrogens is 2. The predicted octanol–water partition coefficient (Wildman–Crippen LogP) is 3.67. The summed E-state index contributed by atoms with van der Waals surface area (Å²) in [5.41, 5.74) is 9.99. The number of hydrogen-bond acceptors (Lipinski definition) is 3. The second-order valence-corrected chi connectivity index (χ2v) is 6.77. The van der Waals surface area contributed by atoms with Gasteiger partial charge < -0.3 is 5.73 Å². The molecule has 2 N–H and O–H groups in total. The van der Waals surface area contributed by atoms with Crippen molar-refractivity contribution in [2.24, 2.45) is 0 Å². The van der Waals surface area contributed by atoms with Crippen LogP contribution in [0.25, 0.3) is 0 Å². The lowest BCUT2D eigenvalue weighted by Crippen LogP contribution is -2.12. The highest BCUT2D eigenvalue weighted by molar-refractivity contribution is 14.1. The number of nitrogens with zero attached hydrogens (tertiary/aromatic N) is 2. The topological polar surface area (TPSA) is 51.8 Å². The van der Waals surface area contributed by atoms with E-state index in [1.54, 1.807) is 0 Å². The number of anilines is 1. The van der Waals surface area contributed by atoms with Crippen molar-refractivity contribution in [3.8, 4) is 0 Å². The molecular weight excluding hydrogens is 361 g/mol. The Kier molecular flexibility index (Phi) is 3.67. The molecule has 104 valence electrons. The van der Waals surface area contributed by atoms with Crippen LogP contribution in [0.4, 0.5) is 5.82 Å². The molecule has 0 atom stereocenters. The van der Waals surface area contributed by atoms with Gasteiger partial charge in [0.05, 0.1) is 9.26 Å². The summed E-state index contributed by atoms with van der Waals surface area (Å²) in [7, 11) is 0. The Morgan fingerprint density at radius 2 is 1.75 bits per heavy atom. The molecule has 4 heteroatoms. The van der Waals surface area contributed by atoms with Gasteiger partial charge in [-0.2, -0.15) is 0 Å². The van der Waals surface area contributed by atoms with Gasteiger partial charge in [0.25, 0.3) is 0 Å². The summed E-state index contributed by atoms with van der Waals surface area (Å²) in [4.78, 5) is 9.34. The smallest absolute Gasteiger partial charge is 0.140 e. The third-order valence-electron chi connectivity index (χ3n) is 3.88. The Hall–Kier alpha value is -1.17. The summed E-state index contributed by atoms with van der Waals surface area (Å²) in [5.74, 6) is 2.26. The van der Waals surface area contributed by atoms with Gasteiger partial charge in [-0.25, -0.2) is 9.97 Å². The number of hydrogen-bond donors (Lipinski definition) is 1. The second kappa shape index (κ2) is 5.31. The van der Waals surface area contributed by atoms with Crippen molar-refractivity contribution in [3.63, 3.8) is 0 Å². The molecule has 0 amide bonds. The summed E-state index contributed by atoms with van der Waals surface area (Å²) in [6.45, 7) is 4.30. The predicted molar refractivity (Wildman–Crippen MR) is 89.8 cm³/mol. The molecular formula is C16H18IN3. The Bertz CT molecular complexity index is 627. The summed E-state index contributed by atoms with van der Waals surface area (Å²) >= 11 is 2.25. The zero-order valence-corrected chi connectivity index (χ0v) is 13.9. The van der Waals surface area contributed by atoms with Gasteiger partial charge in [0, 0.05) is 5.92 Å². The fourth-order valence-electron chi connectivity index (χ4n) is 2.81.